The van der Waals surface area contributed by atoms with Crippen molar-refractivity contribution in [2.45, 2.75) is 99.4 Å². The molecule has 0 spiro atoms. The highest BCUT2D eigenvalue weighted by molar-refractivity contribution is 7.86. The van der Waals surface area contributed by atoms with Gasteiger partial charge in [0.2, 0.25) is 12.7 Å². The van der Waals surface area contributed by atoms with Crippen molar-refractivity contribution in [1.29, 1.82) is 0 Å². The fraction of sp³-hybridized carbons (Fsp3) is 0.486. The lowest BCUT2D eigenvalue weighted by atomic mass is 9.81. The van der Waals surface area contributed by atoms with Gasteiger partial charge in [-0.2, -0.15) is 16.8 Å². The minimum atomic E-state index is -4.27. The third-order valence-electron chi connectivity index (χ3n) is 9.36. The summed E-state index contributed by atoms with van der Waals surface area (Å²) in [6, 6.07) is 13.5. The van der Waals surface area contributed by atoms with Crippen molar-refractivity contribution < 1.29 is 35.1 Å². The van der Waals surface area contributed by atoms with Crippen molar-refractivity contribution in [3.8, 4) is 0 Å². The number of aryl methyl sites for hydroxylation is 3. The van der Waals surface area contributed by atoms with Gasteiger partial charge in [0.1, 0.15) is 24.8 Å². The summed E-state index contributed by atoms with van der Waals surface area (Å²) in [5, 5.41) is 0. The van der Waals surface area contributed by atoms with Crippen molar-refractivity contribution in [3.05, 3.63) is 97.1 Å². The van der Waals surface area contributed by atoms with E-state index in [1.165, 1.54) is 24.3 Å². The van der Waals surface area contributed by atoms with Crippen molar-refractivity contribution in [2.75, 3.05) is 0 Å². The number of benzene rings is 2. The summed E-state index contributed by atoms with van der Waals surface area (Å²) >= 11 is 0. The van der Waals surface area contributed by atoms with Gasteiger partial charge in [0.15, 0.2) is 0 Å². The molecule has 0 bridgehead atoms. The predicted octanol–water partition coefficient (Wildman–Crippen LogP) is 6.02. The number of nitrogens with zero attached hydrogens (tertiary/aromatic N) is 4. The first-order valence-electron chi connectivity index (χ1n) is 16.4. The minimum Gasteiger partial charge on any atom is -0.282 e. The molecule has 2 aromatic heterocycles. The second kappa shape index (κ2) is 16.2. The van der Waals surface area contributed by atoms with Crippen LogP contribution in [0.15, 0.2) is 95.8 Å². The van der Waals surface area contributed by atoms with Gasteiger partial charge in [-0.15, -0.1) is 0 Å². The Balaban J connectivity index is 1.47. The van der Waals surface area contributed by atoms with E-state index < -0.39 is 20.2 Å². The molecule has 12 heteroatoms. The monoisotopic (exact) mass is 686 g/mol. The first-order chi connectivity index (χ1) is 22.2. The van der Waals surface area contributed by atoms with Crippen LogP contribution in [0.1, 0.15) is 94.2 Å². The molecule has 0 amide bonds. The van der Waals surface area contributed by atoms with E-state index in [9.17, 15) is 25.9 Å². The van der Waals surface area contributed by atoms with E-state index in [1.807, 2.05) is 47.8 Å². The summed E-state index contributed by atoms with van der Waals surface area (Å²) in [6.45, 7) is 5.27. The first-order valence-corrected chi connectivity index (χ1v) is 19.3. The molecule has 4 aromatic rings. The lowest BCUT2D eigenvalue weighted by Crippen LogP contribution is -2.24. The summed E-state index contributed by atoms with van der Waals surface area (Å²) in [7, 11) is -4.46. The van der Waals surface area contributed by atoms with Gasteiger partial charge in [-0.1, -0.05) is 44.0 Å². The molecule has 256 valence electrons. The molecule has 10 nitrogen and oxygen atoms in total. The minimum absolute atomic E-state index is 0.0928. The third-order valence-corrected chi connectivity index (χ3v) is 11.1. The van der Waals surface area contributed by atoms with Gasteiger partial charge < -0.3 is 0 Å². The molecule has 2 heterocycles. The highest BCUT2D eigenvalue weighted by Gasteiger charge is 2.22. The molecular weight excluding hydrogens is 637 g/mol. The fourth-order valence-electron chi connectivity index (χ4n) is 6.47. The van der Waals surface area contributed by atoms with Gasteiger partial charge in [0, 0.05) is 0 Å². The Hall–Kier alpha value is -3.32. The standard InChI is InChI=1S/C35H48N4O6S2/c1-28(31-11-15-34(16-12-31)46(40,41)42)7-5-9-30(19-20-38-23-21-36(3)26-38)25-33(32-13-17-35(18-14-32)47(43,44)45)10-6-8-29(2)39-24-22-37(4)27-39/h11-18,21-24,26-30,33H,5-10,19-20,25H2,1-4H3/p+2. The zero-order chi connectivity index (χ0) is 34.2. The molecule has 0 saturated carbocycles. The number of hydrogen-bond donors (Lipinski definition) is 2. The fourth-order valence-corrected chi connectivity index (χ4v) is 7.43. The molecule has 0 aliphatic carbocycles. The van der Waals surface area contributed by atoms with Crippen molar-refractivity contribution in [3.63, 3.8) is 0 Å². The molecule has 4 atom stereocenters. The molecule has 4 unspecified atom stereocenters. The second-order valence-electron chi connectivity index (χ2n) is 13.1. The van der Waals surface area contributed by atoms with Gasteiger partial charge >= 0.3 is 0 Å². The number of rotatable bonds is 18. The van der Waals surface area contributed by atoms with Gasteiger partial charge in [-0.3, -0.25) is 9.11 Å². The Morgan fingerprint density at radius 3 is 1.77 bits per heavy atom. The van der Waals surface area contributed by atoms with E-state index in [1.54, 1.807) is 12.1 Å². The van der Waals surface area contributed by atoms with E-state index in [0.29, 0.717) is 12.0 Å². The van der Waals surface area contributed by atoms with E-state index in [0.717, 1.165) is 69.0 Å². The van der Waals surface area contributed by atoms with E-state index in [4.69, 9.17) is 0 Å². The summed E-state index contributed by atoms with van der Waals surface area (Å²) < 4.78 is 73.8. The van der Waals surface area contributed by atoms with Gasteiger partial charge in [-0.25, -0.2) is 18.3 Å². The molecule has 0 radical (unpaired) electrons. The zero-order valence-corrected chi connectivity index (χ0v) is 29.5. The van der Waals surface area contributed by atoms with Crippen LogP contribution in [0.5, 0.6) is 0 Å². The number of imidazole rings is 2. The average molecular weight is 687 g/mol. The normalized spacial score (nSPS) is 14.9. The molecule has 0 aliphatic heterocycles. The highest BCUT2D eigenvalue weighted by Crippen LogP contribution is 2.35. The molecule has 0 saturated heterocycles. The molecule has 4 rings (SSSR count). The van der Waals surface area contributed by atoms with E-state index in [-0.39, 0.29) is 21.6 Å². The van der Waals surface area contributed by atoms with Crippen LogP contribution in [0.2, 0.25) is 0 Å². The summed E-state index contributed by atoms with van der Waals surface area (Å²) in [5.41, 5.74) is 2.12. The molecule has 0 fully saturated rings. The van der Waals surface area contributed by atoms with Gasteiger partial charge in [0.05, 0.1) is 36.5 Å². The quantitative estimate of drug-likeness (QED) is 0.0975. The number of aromatic nitrogens is 4. The smallest absolute Gasteiger partial charge is 0.282 e. The van der Waals surface area contributed by atoms with Gasteiger partial charge in [0.25, 0.3) is 20.2 Å². The highest BCUT2D eigenvalue weighted by atomic mass is 32.2. The summed E-state index contributed by atoms with van der Waals surface area (Å²) in [6.07, 6.45) is 20.4. The molecule has 2 aromatic carbocycles. The Bertz CT molecular complexity index is 1780. The SMILES string of the molecule is CC(CCCC(CCn1cc[n+](C)c1)CC(CCCC(C)n1cc[n+](C)c1)c1ccc(S(=O)(=O)O)cc1)c1ccc(S(=O)(=O)O)cc1. The Morgan fingerprint density at radius 2 is 1.23 bits per heavy atom. The molecular formula is C35H50N4O6S2+2. The van der Waals surface area contributed by atoms with Crippen LogP contribution < -0.4 is 9.13 Å². The number of hydrogen-bond acceptors (Lipinski definition) is 4. The maximum absolute atomic E-state index is 11.7. The van der Waals surface area contributed by atoms with E-state index in [2.05, 4.69) is 48.0 Å². The Morgan fingerprint density at radius 1 is 0.681 bits per heavy atom. The van der Waals surface area contributed by atoms with Crippen molar-refractivity contribution in [2.24, 2.45) is 20.0 Å². The molecule has 0 aliphatic rings. The topological polar surface area (TPSA) is 126 Å². The van der Waals surface area contributed by atoms with Crippen molar-refractivity contribution >= 4 is 20.2 Å². The van der Waals surface area contributed by atoms with E-state index >= 15 is 0 Å². The lowest BCUT2D eigenvalue weighted by molar-refractivity contribution is -0.671. The predicted molar refractivity (Wildman–Crippen MR) is 180 cm³/mol. The first kappa shape index (κ1) is 36.5. The molecule has 47 heavy (non-hydrogen) atoms. The average Bonchev–Trinajstić information content (AvgIpc) is 3.65. The third kappa shape index (κ3) is 11.1. The summed E-state index contributed by atoms with van der Waals surface area (Å²) in [5.74, 6) is 0.883. The van der Waals surface area contributed by atoms with Crippen LogP contribution in [0, 0.1) is 5.92 Å². The van der Waals surface area contributed by atoms with Crippen LogP contribution in [-0.4, -0.2) is 35.1 Å². The van der Waals surface area contributed by atoms with Crippen molar-refractivity contribution in [1.82, 2.24) is 9.13 Å². The lowest BCUT2D eigenvalue weighted by Gasteiger charge is -2.25. The Kier molecular flexibility index (Phi) is 12.6. The van der Waals surface area contributed by atoms with Crippen LogP contribution in [0.25, 0.3) is 0 Å². The van der Waals surface area contributed by atoms with Crippen LogP contribution >= 0.6 is 0 Å². The van der Waals surface area contributed by atoms with Gasteiger partial charge in [-0.05, 0) is 98.6 Å². The largest absolute Gasteiger partial charge is 0.294 e. The Labute approximate surface area is 280 Å². The zero-order valence-electron chi connectivity index (χ0n) is 27.9. The maximum Gasteiger partial charge on any atom is 0.294 e. The van der Waals surface area contributed by atoms with Crippen LogP contribution in [0.3, 0.4) is 0 Å². The maximum atomic E-state index is 11.7. The second-order valence-corrected chi connectivity index (χ2v) is 16.0. The summed E-state index contributed by atoms with van der Waals surface area (Å²) in [4.78, 5) is -0.191. The molecule has 2 N–H and O–H groups in total. The van der Waals surface area contributed by atoms with Crippen LogP contribution in [0.4, 0.5) is 0 Å². The van der Waals surface area contributed by atoms with Crippen LogP contribution in [-0.2, 0) is 40.9 Å².